The Bertz CT molecular complexity index is 1220. The van der Waals surface area contributed by atoms with Crippen molar-refractivity contribution < 1.29 is 9.53 Å². The second-order valence-electron chi connectivity index (χ2n) is 11.2. The lowest BCUT2D eigenvalue weighted by molar-refractivity contribution is 0.0887. The van der Waals surface area contributed by atoms with E-state index in [4.69, 9.17) is 15.1 Å². The standard InChI is InChI=1S/C31H41N5O2/c1-22(2)24-10-12-25(13-11-24)35-17-14-26(15-18-35)36-29(28(19-32)27-9-6-16-33-30(27)36)20-34-31(37)38-21-23-7-4-3-5-8-23/h3-9,16,19,22,24-26,32H,10-15,17-18,20-21H2,1-2H3,(H,34,37). The minimum absolute atomic E-state index is 0.228. The Labute approximate surface area is 226 Å². The van der Waals surface area contributed by atoms with Gasteiger partial charge in [0.05, 0.1) is 6.54 Å². The van der Waals surface area contributed by atoms with Crippen LogP contribution in [0.15, 0.2) is 48.7 Å². The second-order valence-corrected chi connectivity index (χ2v) is 11.2. The molecule has 0 atom stereocenters. The maximum Gasteiger partial charge on any atom is 0.407 e. The van der Waals surface area contributed by atoms with Crippen LogP contribution in [-0.4, -0.2) is 45.9 Å². The number of carbonyl (C=O) groups excluding carboxylic acids is 1. The Balaban J connectivity index is 1.27. The molecule has 3 aromatic rings. The van der Waals surface area contributed by atoms with Gasteiger partial charge in [-0.1, -0.05) is 44.2 Å². The molecule has 7 nitrogen and oxygen atoms in total. The number of ether oxygens (including phenoxy) is 1. The van der Waals surface area contributed by atoms with E-state index in [1.165, 1.54) is 31.9 Å². The molecule has 0 bridgehead atoms. The van der Waals surface area contributed by atoms with Crippen LogP contribution in [-0.2, 0) is 17.9 Å². The van der Waals surface area contributed by atoms with Crippen LogP contribution in [0, 0.1) is 17.2 Å². The quantitative estimate of drug-likeness (QED) is 0.344. The maximum atomic E-state index is 12.6. The third kappa shape index (κ3) is 5.78. The molecule has 1 amide bonds. The molecule has 1 saturated carbocycles. The van der Waals surface area contributed by atoms with Crippen LogP contribution in [0.2, 0.25) is 0 Å². The van der Waals surface area contributed by atoms with Gasteiger partial charge in [-0.15, -0.1) is 0 Å². The van der Waals surface area contributed by atoms with Crippen molar-refractivity contribution in [3.05, 3.63) is 65.5 Å². The summed E-state index contributed by atoms with van der Waals surface area (Å²) in [6.45, 7) is 7.42. The van der Waals surface area contributed by atoms with Crippen molar-refractivity contribution in [1.82, 2.24) is 19.8 Å². The predicted molar refractivity (Wildman–Crippen MR) is 152 cm³/mol. The number of nitrogens with zero attached hydrogens (tertiary/aromatic N) is 3. The van der Waals surface area contributed by atoms with Crippen LogP contribution >= 0.6 is 0 Å². The molecule has 202 valence electrons. The number of benzene rings is 1. The number of fused-ring (bicyclic) bond motifs is 1. The zero-order chi connectivity index (χ0) is 26.5. The number of pyridine rings is 1. The van der Waals surface area contributed by atoms with E-state index >= 15 is 0 Å². The van der Waals surface area contributed by atoms with Gasteiger partial charge in [0.25, 0.3) is 0 Å². The van der Waals surface area contributed by atoms with Gasteiger partial charge in [-0.05, 0) is 68.1 Å². The highest BCUT2D eigenvalue weighted by Gasteiger charge is 2.32. The van der Waals surface area contributed by atoms with Crippen molar-refractivity contribution >= 4 is 23.3 Å². The van der Waals surface area contributed by atoms with Gasteiger partial charge in [-0.3, -0.25) is 0 Å². The Hall–Kier alpha value is -3.19. The molecule has 7 heteroatoms. The SMILES string of the molecule is CC(C)C1CCC(N2CCC(n3c(CNC(=O)OCc4ccccc4)c(C=N)c4cccnc43)CC2)CC1. The fourth-order valence-corrected chi connectivity index (χ4v) is 6.52. The van der Waals surface area contributed by atoms with Gasteiger partial charge in [0.2, 0.25) is 0 Å². The molecular formula is C31H41N5O2. The molecule has 3 heterocycles. The highest BCUT2D eigenvalue weighted by Crippen LogP contribution is 2.36. The fourth-order valence-electron chi connectivity index (χ4n) is 6.52. The van der Waals surface area contributed by atoms with Crippen molar-refractivity contribution in [1.29, 1.82) is 5.41 Å². The molecule has 1 saturated heterocycles. The first-order valence-corrected chi connectivity index (χ1v) is 14.2. The average Bonchev–Trinajstić information content (AvgIpc) is 3.29. The number of nitrogens with one attached hydrogen (secondary N) is 2. The third-order valence-corrected chi connectivity index (χ3v) is 8.73. The zero-order valence-electron chi connectivity index (χ0n) is 22.7. The van der Waals surface area contributed by atoms with Crippen molar-refractivity contribution in [2.24, 2.45) is 11.8 Å². The second kappa shape index (κ2) is 12.1. The molecule has 1 aromatic carbocycles. The van der Waals surface area contributed by atoms with Gasteiger partial charge in [-0.25, -0.2) is 9.78 Å². The minimum Gasteiger partial charge on any atom is -0.445 e. The van der Waals surface area contributed by atoms with E-state index in [1.807, 2.05) is 48.7 Å². The van der Waals surface area contributed by atoms with E-state index in [9.17, 15) is 4.79 Å². The van der Waals surface area contributed by atoms with Crippen LogP contribution in [0.5, 0.6) is 0 Å². The first-order valence-electron chi connectivity index (χ1n) is 14.2. The number of hydrogen-bond donors (Lipinski definition) is 2. The molecule has 2 fully saturated rings. The summed E-state index contributed by atoms with van der Waals surface area (Å²) in [5.41, 5.74) is 3.61. The molecule has 0 radical (unpaired) electrons. The summed E-state index contributed by atoms with van der Waals surface area (Å²) in [4.78, 5) is 20.0. The molecule has 2 aliphatic rings. The predicted octanol–water partition coefficient (Wildman–Crippen LogP) is 6.31. The molecular weight excluding hydrogens is 474 g/mol. The van der Waals surface area contributed by atoms with Crippen molar-refractivity contribution in [2.45, 2.75) is 77.6 Å². The summed E-state index contributed by atoms with van der Waals surface area (Å²) in [5, 5.41) is 12.1. The number of hydrogen-bond acceptors (Lipinski definition) is 5. The van der Waals surface area contributed by atoms with Crippen molar-refractivity contribution in [2.75, 3.05) is 13.1 Å². The Morgan fingerprint density at radius 2 is 1.79 bits per heavy atom. The van der Waals surface area contributed by atoms with Crippen molar-refractivity contribution in [3.63, 3.8) is 0 Å². The van der Waals surface area contributed by atoms with Gasteiger partial charge in [0.15, 0.2) is 0 Å². The number of likely N-dealkylation sites (tertiary alicyclic amines) is 1. The lowest BCUT2D eigenvalue weighted by Gasteiger charge is -2.42. The molecule has 38 heavy (non-hydrogen) atoms. The van der Waals surface area contributed by atoms with Crippen LogP contribution in [0.3, 0.4) is 0 Å². The smallest absolute Gasteiger partial charge is 0.407 e. The summed E-state index contributed by atoms with van der Waals surface area (Å²) >= 11 is 0. The van der Waals surface area contributed by atoms with Gasteiger partial charge in [0, 0.05) is 54.2 Å². The van der Waals surface area contributed by atoms with Gasteiger partial charge in [0.1, 0.15) is 12.3 Å². The lowest BCUT2D eigenvalue weighted by Crippen LogP contribution is -2.44. The van der Waals surface area contributed by atoms with Crippen LogP contribution < -0.4 is 5.32 Å². The third-order valence-electron chi connectivity index (χ3n) is 8.73. The van der Waals surface area contributed by atoms with Gasteiger partial charge in [-0.2, -0.15) is 0 Å². The number of aromatic nitrogens is 2. The monoisotopic (exact) mass is 515 g/mol. The minimum atomic E-state index is -0.457. The highest BCUT2D eigenvalue weighted by molar-refractivity contribution is 5.99. The van der Waals surface area contributed by atoms with E-state index in [0.29, 0.717) is 18.6 Å². The number of amides is 1. The normalized spacial score (nSPS) is 21.0. The van der Waals surface area contributed by atoms with Crippen molar-refractivity contribution in [3.8, 4) is 0 Å². The van der Waals surface area contributed by atoms with Crippen LogP contribution in [0.25, 0.3) is 11.0 Å². The molecule has 0 unspecified atom stereocenters. The van der Waals surface area contributed by atoms with E-state index in [2.05, 4.69) is 28.6 Å². The highest BCUT2D eigenvalue weighted by atomic mass is 16.5. The molecule has 2 aromatic heterocycles. The van der Waals surface area contributed by atoms with Crippen LogP contribution in [0.4, 0.5) is 4.79 Å². The molecule has 0 spiro atoms. The Kier molecular flexibility index (Phi) is 8.42. The maximum absolute atomic E-state index is 12.6. The fraction of sp³-hybridized carbons (Fsp3) is 0.516. The van der Waals surface area contributed by atoms with E-state index < -0.39 is 6.09 Å². The topological polar surface area (TPSA) is 83.2 Å². The molecule has 1 aliphatic heterocycles. The number of alkyl carbamates (subject to hydrolysis) is 1. The summed E-state index contributed by atoms with van der Waals surface area (Å²) in [6.07, 6.45) is 10.2. The number of rotatable bonds is 8. The summed E-state index contributed by atoms with van der Waals surface area (Å²) < 4.78 is 7.74. The van der Waals surface area contributed by atoms with E-state index in [1.54, 1.807) is 0 Å². The van der Waals surface area contributed by atoms with Crippen LogP contribution in [0.1, 0.15) is 75.2 Å². The van der Waals surface area contributed by atoms with E-state index in [-0.39, 0.29) is 6.61 Å². The molecule has 5 rings (SSSR count). The zero-order valence-corrected chi connectivity index (χ0v) is 22.7. The number of carbonyl (C=O) groups is 1. The molecule has 1 aliphatic carbocycles. The summed E-state index contributed by atoms with van der Waals surface area (Å²) in [6, 6.07) is 14.6. The lowest BCUT2D eigenvalue weighted by atomic mass is 9.79. The largest absolute Gasteiger partial charge is 0.445 e. The molecule has 2 N–H and O–H groups in total. The first-order chi connectivity index (χ1) is 18.5. The summed E-state index contributed by atoms with van der Waals surface area (Å²) in [7, 11) is 0. The Morgan fingerprint density at radius 3 is 2.47 bits per heavy atom. The first kappa shape index (κ1) is 26.4. The van der Waals surface area contributed by atoms with Gasteiger partial charge < -0.3 is 24.9 Å². The summed E-state index contributed by atoms with van der Waals surface area (Å²) in [5.74, 6) is 1.68. The average molecular weight is 516 g/mol. The van der Waals surface area contributed by atoms with Gasteiger partial charge >= 0.3 is 6.09 Å². The Morgan fingerprint density at radius 1 is 1.05 bits per heavy atom. The van der Waals surface area contributed by atoms with E-state index in [0.717, 1.165) is 65.6 Å². The number of piperidine rings is 1.